The number of hydrogen-bond donors (Lipinski definition) is 0. The Kier molecular flexibility index (Phi) is 3.52. The minimum absolute atomic E-state index is 0.811. The average molecular weight is 298 g/mol. The Balaban J connectivity index is 1.99. The summed E-state index contributed by atoms with van der Waals surface area (Å²) in [4.78, 5) is 4.67. The molecule has 1 aromatic heterocycles. The predicted molar refractivity (Wildman–Crippen MR) is 79.8 cm³/mol. The number of rotatable bonds is 2. The molecule has 0 radical (unpaired) electrons. The van der Waals surface area contributed by atoms with Crippen LogP contribution in [0.4, 0.5) is 0 Å². The number of morpholine rings is 1. The Morgan fingerprint density at radius 2 is 2.11 bits per heavy atom. The van der Waals surface area contributed by atoms with Crippen molar-refractivity contribution in [1.82, 2.24) is 4.98 Å². The summed E-state index contributed by atoms with van der Waals surface area (Å²) >= 11 is 7.96. The molecule has 2 aromatic rings. The molecule has 3 nitrogen and oxygen atoms in total. The maximum atomic E-state index is 6.24. The lowest BCUT2D eigenvalue weighted by atomic mass is 10.1. The molecule has 1 aliphatic rings. The van der Waals surface area contributed by atoms with E-state index in [1.165, 1.54) is 10.3 Å². The van der Waals surface area contributed by atoms with Crippen LogP contribution >= 0.6 is 22.9 Å². The van der Waals surface area contributed by atoms with Gasteiger partial charge in [0.1, 0.15) is 19.6 Å². The van der Waals surface area contributed by atoms with Gasteiger partial charge in [0.2, 0.25) is 0 Å². The number of halogens is 1. The molecule has 0 unspecified atom stereocenters. The SMILES string of the molecule is Cc1nc2c(C[N+]3(C)CCOCC3)cc(Cl)cc2s1. The molecule has 0 aliphatic carbocycles. The molecule has 1 fully saturated rings. The Morgan fingerprint density at radius 3 is 2.84 bits per heavy atom. The van der Waals surface area contributed by atoms with Crippen molar-refractivity contribution in [2.45, 2.75) is 13.5 Å². The van der Waals surface area contributed by atoms with Gasteiger partial charge in [-0.1, -0.05) is 11.6 Å². The van der Waals surface area contributed by atoms with Gasteiger partial charge in [-0.15, -0.1) is 11.3 Å². The highest BCUT2D eigenvalue weighted by molar-refractivity contribution is 7.18. The Hall–Kier alpha value is -0.680. The lowest BCUT2D eigenvalue weighted by Gasteiger charge is -2.37. The third kappa shape index (κ3) is 2.77. The van der Waals surface area contributed by atoms with Crippen molar-refractivity contribution < 1.29 is 9.22 Å². The summed E-state index contributed by atoms with van der Waals surface area (Å²) in [5.41, 5.74) is 2.38. The molecule has 1 aromatic carbocycles. The standard InChI is InChI=1S/C14H18ClN2OS/c1-10-16-14-11(7-12(15)8-13(14)19-10)9-17(2)3-5-18-6-4-17/h7-8H,3-6,9H2,1-2H3/q+1. The number of nitrogens with zero attached hydrogens (tertiary/aromatic N) is 2. The second kappa shape index (κ2) is 5.02. The maximum absolute atomic E-state index is 6.24. The highest BCUT2D eigenvalue weighted by Crippen LogP contribution is 2.30. The van der Waals surface area contributed by atoms with E-state index < -0.39 is 0 Å². The van der Waals surface area contributed by atoms with Crippen molar-refractivity contribution in [2.24, 2.45) is 0 Å². The van der Waals surface area contributed by atoms with Crippen molar-refractivity contribution in [2.75, 3.05) is 33.4 Å². The van der Waals surface area contributed by atoms with Crippen LogP contribution in [0, 0.1) is 6.92 Å². The van der Waals surface area contributed by atoms with Gasteiger partial charge >= 0.3 is 0 Å². The van der Waals surface area contributed by atoms with Gasteiger partial charge in [0.25, 0.3) is 0 Å². The lowest BCUT2D eigenvalue weighted by molar-refractivity contribution is -0.929. The first-order valence-electron chi connectivity index (χ1n) is 6.53. The van der Waals surface area contributed by atoms with E-state index in [2.05, 4.69) is 18.1 Å². The molecule has 19 heavy (non-hydrogen) atoms. The third-order valence-corrected chi connectivity index (χ3v) is 4.88. The minimum atomic E-state index is 0.811. The normalized spacial score (nSPS) is 18.9. The number of likely N-dealkylation sites (N-methyl/N-ethyl adjacent to an activating group) is 1. The quantitative estimate of drug-likeness (QED) is 0.794. The lowest BCUT2D eigenvalue weighted by Crippen LogP contribution is -2.51. The summed E-state index contributed by atoms with van der Waals surface area (Å²) in [7, 11) is 2.29. The number of aryl methyl sites for hydroxylation is 1. The molecular weight excluding hydrogens is 280 g/mol. The maximum Gasteiger partial charge on any atom is 0.107 e. The van der Waals surface area contributed by atoms with Crippen molar-refractivity contribution in [3.63, 3.8) is 0 Å². The van der Waals surface area contributed by atoms with E-state index in [4.69, 9.17) is 16.3 Å². The largest absolute Gasteiger partial charge is 0.370 e. The summed E-state index contributed by atoms with van der Waals surface area (Å²) in [6.07, 6.45) is 0. The van der Waals surface area contributed by atoms with E-state index >= 15 is 0 Å². The molecule has 0 atom stereocenters. The fourth-order valence-corrected chi connectivity index (χ4v) is 3.87. The first-order valence-corrected chi connectivity index (χ1v) is 7.72. The van der Waals surface area contributed by atoms with Gasteiger partial charge in [-0.05, 0) is 19.1 Å². The fraction of sp³-hybridized carbons (Fsp3) is 0.500. The molecule has 0 spiro atoms. The molecule has 0 bridgehead atoms. The number of hydrogen-bond acceptors (Lipinski definition) is 3. The smallest absolute Gasteiger partial charge is 0.107 e. The number of benzene rings is 1. The zero-order valence-corrected chi connectivity index (χ0v) is 12.9. The first kappa shape index (κ1) is 13.3. The van der Waals surface area contributed by atoms with E-state index in [0.29, 0.717) is 0 Å². The van der Waals surface area contributed by atoms with Crippen molar-refractivity contribution in [1.29, 1.82) is 0 Å². The molecule has 0 N–H and O–H groups in total. The molecule has 3 rings (SSSR count). The number of thiazole rings is 1. The number of aromatic nitrogens is 1. The number of fused-ring (bicyclic) bond motifs is 1. The van der Waals surface area contributed by atoms with Gasteiger partial charge in [0, 0.05) is 10.6 Å². The minimum Gasteiger partial charge on any atom is -0.370 e. The van der Waals surface area contributed by atoms with Gasteiger partial charge in [-0.25, -0.2) is 4.98 Å². The van der Waals surface area contributed by atoms with E-state index in [9.17, 15) is 0 Å². The first-order chi connectivity index (χ1) is 9.06. The van der Waals surface area contributed by atoms with Gasteiger partial charge in [0.05, 0.1) is 35.5 Å². The molecule has 0 amide bonds. The Bertz CT molecular complexity index is 605. The molecule has 102 valence electrons. The zero-order chi connectivity index (χ0) is 13.5. The second-order valence-corrected chi connectivity index (χ2v) is 7.15. The highest BCUT2D eigenvalue weighted by atomic mass is 35.5. The molecule has 5 heteroatoms. The van der Waals surface area contributed by atoms with Crippen LogP contribution in [-0.4, -0.2) is 42.8 Å². The Labute approximate surface area is 122 Å². The molecule has 2 heterocycles. The van der Waals surface area contributed by atoms with Crippen molar-refractivity contribution in [3.05, 3.63) is 27.7 Å². The van der Waals surface area contributed by atoms with E-state index in [0.717, 1.165) is 52.9 Å². The van der Waals surface area contributed by atoms with Crippen LogP contribution in [0.5, 0.6) is 0 Å². The molecule has 0 saturated carbocycles. The highest BCUT2D eigenvalue weighted by Gasteiger charge is 2.27. The van der Waals surface area contributed by atoms with Crippen LogP contribution < -0.4 is 0 Å². The third-order valence-electron chi connectivity index (χ3n) is 3.75. The van der Waals surface area contributed by atoms with Crippen LogP contribution in [0.1, 0.15) is 10.6 Å². The van der Waals surface area contributed by atoms with Crippen LogP contribution in [0.3, 0.4) is 0 Å². The number of quaternary nitrogens is 1. The van der Waals surface area contributed by atoms with Crippen LogP contribution in [0.2, 0.25) is 5.02 Å². The van der Waals surface area contributed by atoms with E-state index in [1.807, 2.05) is 13.0 Å². The van der Waals surface area contributed by atoms with Crippen LogP contribution in [0.15, 0.2) is 12.1 Å². The second-order valence-electron chi connectivity index (χ2n) is 5.48. The van der Waals surface area contributed by atoms with Gasteiger partial charge in [0.15, 0.2) is 0 Å². The summed E-state index contributed by atoms with van der Waals surface area (Å²) in [6, 6.07) is 4.09. The number of ether oxygens (including phenoxy) is 1. The van der Waals surface area contributed by atoms with E-state index in [1.54, 1.807) is 11.3 Å². The summed E-state index contributed by atoms with van der Waals surface area (Å²) < 4.78 is 7.66. The molecular formula is C14H18ClN2OS+. The zero-order valence-electron chi connectivity index (χ0n) is 11.3. The van der Waals surface area contributed by atoms with Gasteiger partial charge in [-0.2, -0.15) is 0 Å². The van der Waals surface area contributed by atoms with E-state index in [-0.39, 0.29) is 0 Å². The summed E-state index contributed by atoms with van der Waals surface area (Å²) in [5, 5.41) is 1.91. The van der Waals surface area contributed by atoms with Gasteiger partial charge in [-0.3, -0.25) is 0 Å². The summed E-state index contributed by atoms with van der Waals surface area (Å²) in [5.74, 6) is 0. The monoisotopic (exact) mass is 297 g/mol. The van der Waals surface area contributed by atoms with Crippen molar-refractivity contribution >= 4 is 33.2 Å². The topological polar surface area (TPSA) is 22.1 Å². The van der Waals surface area contributed by atoms with Crippen LogP contribution in [0.25, 0.3) is 10.2 Å². The molecule has 1 aliphatic heterocycles. The predicted octanol–water partition coefficient (Wildman–Crippen LogP) is 3.23. The molecule has 1 saturated heterocycles. The van der Waals surface area contributed by atoms with Crippen molar-refractivity contribution in [3.8, 4) is 0 Å². The Morgan fingerprint density at radius 1 is 1.37 bits per heavy atom. The van der Waals surface area contributed by atoms with Crippen LogP contribution in [-0.2, 0) is 11.3 Å². The summed E-state index contributed by atoms with van der Waals surface area (Å²) in [6.45, 7) is 6.82. The fourth-order valence-electron chi connectivity index (χ4n) is 2.65. The average Bonchev–Trinajstić information content (AvgIpc) is 2.70. The van der Waals surface area contributed by atoms with Gasteiger partial charge < -0.3 is 9.22 Å².